The highest BCUT2D eigenvalue weighted by Gasteiger charge is 2.23. The van der Waals surface area contributed by atoms with Gasteiger partial charge in [0.1, 0.15) is 5.82 Å². The number of benzene rings is 1. The third-order valence-electron chi connectivity index (χ3n) is 2.36. The Morgan fingerprint density at radius 3 is 2.53 bits per heavy atom. The number of nitrogens with one attached hydrogen (secondary N) is 1. The van der Waals surface area contributed by atoms with Gasteiger partial charge in [0.15, 0.2) is 6.61 Å². The Balaban J connectivity index is 1.79. The first-order chi connectivity index (χ1) is 8.15. The summed E-state index contributed by atoms with van der Waals surface area (Å²) in [4.78, 5) is 22.7. The summed E-state index contributed by atoms with van der Waals surface area (Å²) in [5, 5.41) is 2.69. The highest BCUT2D eigenvalue weighted by atomic mass is 19.1. The van der Waals surface area contributed by atoms with Gasteiger partial charge in [-0.05, 0) is 37.1 Å². The normalized spacial score (nSPS) is 14.2. The fraction of sp³-hybridized carbons (Fsp3) is 0.333. The van der Waals surface area contributed by atoms with Crippen LogP contribution in [-0.4, -0.2) is 24.5 Å². The molecule has 90 valence electrons. The number of rotatable bonds is 4. The fourth-order valence-corrected chi connectivity index (χ4v) is 1.30. The molecule has 0 atom stereocenters. The molecule has 1 fully saturated rings. The Bertz CT molecular complexity index is 426. The molecule has 1 aliphatic rings. The summed E-state index contributed by atoms with van der Waals surface area (Å²) in [7, 11) is 0. The third kappa shape index (κ3) is 3.55. The zero-order valence-electron chi connectivity index (χ0n) is 9.11. The van der Waals surface area contributed by atoms with Crippen molar-refractivity contribution in [3.63, 3.8) is 0 Å². The van der Waals surface area contributed by atoms with Crippen molar-refractivity contribution >= 4 is 11.9 Å². The van der Waals surface area contributed by atoms with Gasteiger partial charge >= 0.3 is 5.97 Å². The lowest BCUT2D eigenvalue weighted by atomic mass is 10.2. The van der Waals surface area contributed by atoms with Gasteiger partial charge in [-0.1, -0.05) is 0 Å². The number of hydrogen-bond donors (Lipinski definition) is 1. The lowest BCUT2D eigenvalue weighted by molar-refractivity contribution is -0.124. The first-order valence-corrected chi connectivity index (χ1v) is 5.37. The number of carbonyl (C=O) groups is 2. The summed E-state index contributed by atoms with van der Waals surface area (Å²) in [6.45, 7) is -0.299. The molecule has 2 rings (SSSR count). The highest BCUT2D eigenvalue weighted by molar-refractivity contribution is 5.91. The van der Waals surface area contributed by atoms with E-state index >= 15 is 0 Å². The van der Waals surface area contributed by atoms with Crippen LogP contribution in [0.3, 0.4) is 0 Å². The molecule has 5 heteroatoms. The maximum Gasteiger partial charge on any atom is 0.338 e. The van der Waals surface area contributed by atoms with Gasteiger partial charge in [-0.25, -0.2) is 9.18 Å². The second kappa shape index (κ2) is 4.95. The van der Waals surface area contributed by atoms with Crippen LogP contribution in [0.15, 0.2) is 24.3 Å². The van der Waals surface area contributed by atoms with Crippen molar-refractivity contribution in [2.45, 2.75) is 18.9 Å². The van der Waals surface area contributed by atoms with Crippen molar-refractivity contribution < 1.29 is 18.7 Å². The zero-order chi connectivity index (χ0) is 12.3. The van der Waals surface area contributed by atoms with E-state index in [0.717, 1.165) is 12.8 Å². The Morgan fingerprint density at radius 1 is 1.29 bits per heavy atom. The van der Waals surface area contributed by atoms with Gasteiger partial charge in [0.2, 0.25) is 0 Å². The minimum absolute atomic E-state index is 0.227. The summed E-state index contributed by atoms with van der Waals surface area (Å²) >= 11 is 0. The fourth-order valence-electron chi connectivity index (χ4n) is 1.30. The molecule has 1 N–H and O–H groups in total. The molecule has 0 aliphatic heterocycles. The molecule has 0 heterocycles. The molecule has 0 radical (unpaired) electrons. The Morgan fingerprint density at radius 2 is 1.94 bits per heavy atom. The van der Waals surface area contributed by atoms with Crippen molar-refractivity contribution in [2.24, 2.45) is 0 Å². The predicted octanol–water partition coefficient (Wildman–Crippen LogP) is 1.26. The van der Waals surface area contributed by atoms with Crippen LogP contribution in [-0.2, 0) is 9.53 Å². The van der Waals surface area contributed by atoms with E-state index in [0.29, 0.717) is 0 Å². The minimum atomic E-state index is -0.629. The highest BCUT2D eigenvalue weighted by Crippen LogP contribution is 2.18. The third-order valence-corrected chi connectivity index (χ3v) is 2.36. The maximum absolute atomic E-state index is 12.6. The summed E-state index contributed by atoms with van der Waals surface area (Å²) in [5.41, 5.74) is 0.227. The molecule has 1 aromatic carbocycles. The maximum atomic E-state index is 12.6. The molecule has 17 heavy (non-hydrogen) atoms. The van der Waals surface area contributed by atoms with Crippen LogP contribution in [0.25, 0.3) is 0 Å². The molecule has 1 saturated carbocycles. The number of carbonyl (C=O) groups excluding carboxylic acids is 2. The Kier molecular flexibility index (Phi) is 3.37. The second-order valence-corrected chi connectivity index (χ2v) is 3.92. The van der Waals surface area contributed by atoms with Gasteiger partial charge in [-0.15, -0.1) is 0 Å². The minimum Gasteiger partial charge on any atom is -0.452 e. The standard InChI is InChI=1S/C12H12FNO3/c13-9-3-1-8(2-4-9)12(16)17-7-11(15)14-10-5-6-10/h1-4,10H,5-7H2,(H,14,15). The molecule has 0 aromatic heterocycles. The van der Waals surface area contributed by atoms with Gasteiger partial charge in [-0.2, -0.15) is 0 Å². The van der Waals surface area contributed by atoms with Crippen LogP contribution < -0.4 is 5.32 Å². The number of amides is 1. The summed E-state index contributed by atoms with van der Waals surface area (Å²) in [6.07, 6.45) is 1.97. The van der Waals surface area contributed by atoms with Crippen LogP contribution >= 0.6 is 0 Å². The lowest BCUT2D eigenvalue weighted by Crippen LogP contribution is -2.30. The second-order valence-electron chi connectivity index (χ2n) is 3.92. The van der Waals surface area contributed by atoms with E-state index in [1.165, 1.54) is 24.3 Å². The molecule has 1 aliphatic carbocycles. The van der Waals surface area contributed by atoms with Crippen molar-refractivity contribution in [2.75, 3.05) is 6.61 Å². The molecule has 0 bridgehead atoms. The van der Waals surface area contributed by atoms with E-state index in [-0.39, 0.29) is 24.1 Å². The van der Waals surface area contributed by atoms with Gasteiger partial charge in [0, 0.05) is 6.04 Å². The quantitative estimate of drug-likeness (QED) is 0.802. The lowest BCUT2D eigenvalue weighted by Gasteiger charge is -2.05. The Labute approximate surface area is 97.8 Å². The summed E-state index contributed by atoms with van der Waals surface area (Å²) in [6, 6.07) is 5.21. The van der Waals surface area contributed by atoms with Crippen LogP contribution in [0.2, 0.25) is 0 Å². The van der Waals surface area contributed by atoms with Gasteiger partial charge < -0.3 is 10.1 Å². The van der Waals surface area contributed by atoms with Crippen molar-refractivity contribution in [1.29, 1.82) is 0 Å². The average molecular weight is 237 g/mol. The number of esters is 1. The van der Waals surface area contributed by atoms with Crippen LogP contribution in [0.4, 0.5) is 4.39 Å². The predicted molar refractivity (Wildman–Crippen MR) is 57.8 cm³/mol. The van der Waals surface area contributed by atoms with Crippen molar-refractivity contribution in [3.8, 4) is 0 Å². The first-order valence-electron chi connectivity index (χ1n) is 5.37. The van der Waals surface area contributed by atoms with E-state index in [4.69, 9.17) is 4.74 Å². The van der Waals surface area contributed by atoms with Crippen molar-refractivity contribution in [1.82, 2.24) is 5.32 Å². The topological polar surface area (TPSA) is 55.4 Å². The summed E-state index contributed by atoms with van der Waals surface area (Å²) in [5.74, 6) is -1.35. The molecule has 1 amide bonds. The molecule has 0 spiro atoms. The Hall–Kier alpha value is -1.91. The monoisotopic (exact) mass is 237 g/mol. The van der Waals surface area contributed by atoms with Gasteiger partial charge in [0.25, 0.3) is 5.91 Å². The van der Waals surface area contributed by atoms with Gasteiger partial charge in [0.05, 0.1) is 5.56 Å². The SMILES string of the molecule is O=C(COC(=O)c1ccc(F)cc1)NC1CC1. The number of halogens is 1. The van der Waals surface area contributed by atoms with Crippen molar-refractivity contribution in [3.05, 3.63) is 35.6 Å². The van der Waals surface area contributed by atoms with Crippen LogP contribution in [0, 0.1) is 5.82 Å². The molecular weight excluding hydrogens is 225 g/mol. The molecule has 0 unspecified atom stereocenters. The zero-order valence-corrected chi connectivity index (χ0v) is 9.11. The van der Waals surface area contributed by atoms with E-state index in [2.05, 4.69) is 5.32 Å². The van der Waals surface area contributed by atoms with E-state index in [1.54, 1.807) is 0 Å². The first kappa shape index (κ1) is 11.6. The van der Waals surface area contributed by atoms with E-state index in [9.17, 15) is 14.0 Å². The summed E-state index contributed by atoms with van der Waals surface area (Å²) < 4.78 is 17.4. The van der Waals surface area contributed by atoms with E-state index in [1.807, 2.05) is 0 Å². The molecular formula is C12H12FNO3. The smallest absolute Gasteiger partial charge is 0.338 e. The average Bonchev–Trinajstić information content (AvgIpc) is 3.11. The molecule has 4 nitrogen and oxygen atoms in total. The van der Waals surface area contributed by atoms with Crippen LogP contribution in [0.5, 0.6) is 0 Å². The molecule has 1 aromatic rings. The molecule has 0 saturated heterocycles. The number of hydrogen-bond acceptors (Lipinski definition) is 3. The van der Waals surface area contributed by atoms with Gasteiger partial charge in [-0.3, -0.25) is 4.79 Å². The largest absolute Gasteiger partial charge is 0.452 e. The number of ether oxygens (including phenoxy) is 1. The van der Waals surface area contributed by atoms with Crippen LogP contribution in [0.1, 0.15) is 23.2 Å². The van der Waals surface area contributed by atoms with E-state index < -0.39 is 11.8 Å².